The maximum Gasteiger partial charge on any atom is 0.144 e. The molecule has 0 aliphatic heterocycles. The molecule has 1 fully saturated rings. The average molecular weight is 426 g/mol. The molecule has 5 aromatic rings. The lowest BCUT2D eigenvalue weighted by molar-refractivity contribution is 0.419. The van der Waals surface area contributed by atoms with Gasteiger partial charge in [0.2, 0.25) is 0 Å². The molecular weight excluding hydrogens is 406 g/mol. The van der Waals surface area contributed by atoms with E-state index in [9.17, 15) is 0 Å². The van der Waals surface area contributed by atoms with Crippen molar-refractivity contribution in [1.82, 2.24) is 19.9 Å². The van der Waals surface area contributed by atoms with Gasteiger partial charge in [-0.15, -0.1) is 11.3 Å². The summed E-state index contributed by atoms with van der Waals surface area (Å²) in [6.45, 7) is 0. The first-order valence-corrected chi connectivity index (χ1v) is 11.0. The third-order valence-electron chi connectivity index (χ3n) is 5.47. The monoisotopic (exact) mass is 425 g/mol. The van der Waals surface area contributed by atoms with Crippen LogP contribution in [0.4, 0.5) is 11.5 Å². The number of ether oxygens (including phenoxy) is 1. The number of pyridine rings is 3. The fraction of sp³-hybridized carbons (Fsp3) is 0.167. The molecule has 1 saturated carbocycles. The van der Waals surface area contributed by atoms with E-state index in [2.05, 4.69) is 27.4 Å². The molecule has 152 valence electrons. The lowest BCUT2D eigenvalue weighted by Gasteiger charge is -2.14. The van der Waals surface area contributed by atoms with Gasteiger partial charge < -0.3 is 10.1 Å². The van der Waals surface area contributed by atoms with Crippen molar-refractivity contribution in [1.29, 1.82) is 0 Å². The minimum atomic E-state index is 0.659. The molecule has 4 aromatic heterocycles. The maximum atomic E-state index is 5.62. The predicted octanol–water partition coefficient (Wildman–Crippen LogP) is 5.93. The van der Waals surface area contributed by atoms with Gasteiger partial charge in [0.1, 0.15) is 11.6 Å². The molecule has 1 aromatic carbocycles. The second-order valence-electron chi connectivity index (χ2n) is 7.63. The molecule has 7 heteroatoms. The molecular formula is C24H19N5OS. The van der Waals surface area contributed by atoms with Crippen molar-refractivity contribution in [3.63, 3.8) is 0 Å². The summed E-state index contributed by atoms with van der Waals surface area (Å²) in [6, 6.07) is 14.0. The fourth-order valence-corrected chi connectivity index (χ4v) is 4.91. The summed E-state index contributed by atoms with van der Waals surface area (Å²) in [6.07, 6.45) is 7.81. The molecule has 4 heterocycles. The molecule has 0 amide bonds. The third-order valence-corrected chi connectivity index (χ3v) is 6.66. The van der Waals surface area contributed by atoms with Crippen LogP contribution >= 0.6 is 11.3 Å². The number of benzene rings is 1. The molecule has 0 unspecified atom stereocenters. The van der Waals surface area contributed by atoms with Gasteiger partial charge in [0.25, 0.3) is 0 Å². The highest BCUT2D eigenvalue weighted by atomic mass is 32.1. The van der Waals surface area contributed by atoms with Gasteiger partial charge in [0.15, 0.2) is 0 Å². The van der Waals surface area contributed by atoms with Gasteiger partial charge in [0, 0.05) is 35.8 Å². The van der Waals surface area contributed by atoms with E-state index in [1.54, 1.807) is 37.0 Å². The Labute approximate surface area is 183 Å². The van der Waals surface area contributed by atoms with Crippen LogP contribution in [-0.2, 0) is 0 Å². The third kappa shape index (κ3) is 3.37. The number of aromatic nitrogens is 4. The van der Waals surface area contributed by atoms with Crippen LogP contribution in [0, 0.1) is 0 Å². The number of nitrogens with zero attached hydrogens (tertiary/aromatic N) is 4. The van der Waals surface area contributed by atoms with E-state index < -0.39 is 0 Å². The van der Waals surface area contributed by atoms with Crippen molar-refractivity contribution in [2.24, 2.45) is 0 Å². The first kappa shape index (κ1) is 18.2. The van der Waals surface area contributed by atoms with Crippen LogP contribution in [0.2, 0.25) is 0 Å². The van der Waals surface area contributed by atoms with Crippen molar-refractivity contribution in [3.8, 4) is 17.0 Å². The van der Waals surface area contributed by atoms with Crippen molar-refractivity contribution < 1.29 is 4.74 Å². The Morgan fingerprint density at radius 3 is 2.65 bits per heavy atom. The van der Waals surface area contributed by atoms with Gasteiger partial charge in [0.05, 0.1) is 38.9 Å². The van der Waals surface area contributed by atoms with Gasteiger partial charge in [-0.3, -0.25) is 9.97 Å². The van der Waals surface area contributed by atoms with E-state index in [0.717, 1.165) is 39.1 Å². The number of rotatable bonds is 5. The summed E-state index contributed by atoms with van der Waals surface area (Å²) in [4.78, 5) is 18.4. The number of nitrogens with one attached hydrogen (secondary N) is 1. The molecule has 0 spiro atoms. The highest BCUT2D eigenvalue weighted by Gasteiger charge is 2.27. The number of anilines is 2. The molecule has 0 atom stereocenters. The molecule has 0 radical (unpaired) electrons. The first-order valence-electron chi connectivity index (χ1n) is 10.2. The summed E-state index contributed by atoms with van der Waals surface area (Å²) in [5.41, 5.74) is 4.65. The van der Waals surface area contributed by atoms with Crippen molar-refractivity contribution in [2.45, 2.75) is 18.8 Å². The lowest BCUT2D eigenvalue weighted by atomic mass is 10.1. The average Bonchev–Trinajstić information content (AvgIpc) is 3.58. The number of fused-ring (bicyclic) bond motifs is 2. The van der Waals surface area contributed by atoms with Gasteiger partial charge in [-0.1, -0.05) is 0 Å². The maximum absolute atomic E-state index is 5.62. The van der Waals surface area contributed by atoms with Crippen LogP contribution < -0.4 is 10.1 Å². The van der Waals surface area contributed by atoms with Crippen molar-refractivity contribution >= 4 is 44.0 Å². The summed E-state index contributed by atoms with van der Waals surface area (Å²) in [7, 11) is 1.66. The Bertz CT molecular complexity index is 1410. The van der Waals surface area contributed by atoms with E-state index in [-0.39, 0.29) is 0 Å². The van der Waals surface area contributed by atoms with Crippen molar-refractivity contribution in [2.75, 3.05) is 12.4 Å². The largest absolute Gasteiger partial charge is 0.496 e. The quantitative estimate of drug-likeness (QED) is 0.376. The fourth-order valence-electron chi connectivity index (χ4n) is 3.74. The van der Waals surface area contributed by atoms with Crippen molar-refractivity contribution in [3.05, 3.63) is 66.1 Å². The summed E-state index contributed by atoms with van der Waals surface area (Å²) in [5.74, 6) is 2.10. The van der Waals surface area contributed by atoms with Crippen LogP contribution in [-0.4, -0.2) is 27.0 Å². The molecule has 6 nitrogen and oxygen atoms in total. The van der Waals surface area contributed by atoms with E-state index in [0.29, 0.717) is 11.7 Å². The van der Waals surface area contributed by atoms with E-state index in [1.165, 1.54) is 22.5 Å². The Balaban J connectivity index is 1.48. The highest BCUT2D eigenvalue weighted by molar-refractivity contribution is 7.18. The van der Waals surface area contributed by atoms with Gasteiger partial charge in [-0.05, 0) is 55.3 Å². The van der Waals surface area contributed by atoms with E-state index >= 15 is 0 Å². The molecule has 0 bridgehead atoms. The number of thiazole rings is 1. The summed E-state index contributed by atoms with van der Waals surface area (Å²) >= 11 is 1.79. The Morgan fingerprint density at radius 1 is 0.968 bits per heavy atom. The molecule has 6 rings (SSSR count). The van der Waals surface area contributed by atoms with E-state index in [1.807, 2.05) is 30.3 Å². The minimum absolute atomic E-state index is 0.659. The second-order valence-corrected chi connectivity index (χ2v) is 8.70. The standard InChI is InChI=1S/C24H19N5OS/c1-30-20-8-11-26-19-13-18(14-6-9-25-10-7-14)28-23(22(19)20)27-16-4-5-17-21(12-16)31-24(29-17)15-2-3-15/h4-13,15H,2-3H2,1H3,(H,27,28). The van der Waals surface area contributed by atoms with Crippen LogP contribution in [0.1, 0.15) is 23.8 Å². The van der Waals surface area contributed by atoms with Gasteiger partial charge in [-0.2, -0.15) is 0 Å². The molecule has 1 N–H and O–H groups in total. The number of hydrogen-bond acceptors (Lipinski definition) is 7. The zero-order valence-corrected chi connectivity index (χ0v) is 17.7. The highest BCUT2D eigenvalue weighted by Crippen LogP contribution is 2.43. The second kappa shape index (κ2) is 7.28. The summed E-state index contributed by atoms with van der Waals surface area (Å²) in [5, 5.41) is 5.61. The zero-order valence-electron chi connectivity index (χ0n) is 16.9. The SMILES string of the molecule is COc1ccnc2cc(-c3ccncc3)nc(Nc3ccc4nc(C5CC5)sc4c3)c12. The lowest BCUT2D eigenvalue weighted by Crippen LogP contribution is -1.99. The van der Waals surface area contributed by atoms with Gasteiger partial charge in [-0.25, -0.2) is 9.97 Å². The van der Waals surface area contributed by atoms with E-state index in [4.69, 9.17) is 14.7 Å². The zero-order chi connectivity index (χ0) is 20.8. The van der Waals surface area contributed by atoms with Crippen LogP contribution in [0.5, 0.6) is 5.75 Å². The Morgan fingerprint density at radius 2 is 1.84 bits per heavy atom. The molecule has 1 aliphatic rings. The number of hydrogen-bond donors (Lipinski definition) is 1. The van der Waals surface area contributed by atoms with Gasteiger partial charge >= 0.3 is 0 Å². The number of methoxy groups -OCH3 is 1. The predicted molar refractivity (Wildman–Crippen MR) is 124 cm³/mol. The Hall–Kier alpha value is -3.58. The first-order chi connectivity index (χ1) is 15.3. The topological polar surface area (TPSA) is 72.8 Å². The minimum Gasteiger partial charge on any atom is -0.496 e. The summed E-state index contributed by atoms with van der Waals surface area (Å²) < 4.78 is 6.81. The smallest absolute Gasteiger partial charge is 0.144 e. The van der Waals surface area contributed by atoms with Crippen LogP contribution in [0.25, 0.3) is 32.4 Å². The Kier molecular flexibility index (Phi) is 4.28. The molecule has 1 aliphatic carbocycles. The molecule has 0 saturated heterocycles. The van der Waals surface area contributed by atoms with Crippen LogP contribution in [0.15, 0.2) is 61.1 Å². The normalized spacial score (nSPS) is 13.6. The molecule has 31 heavy (non-hydrogen) atoms. The van der Waals surface area contributed by atoms with Crippen LogP contribution in [0.3, 0.4) is 0 Å².